The first-order chi connectivity index (χ1) is 29.2. The van der Waals surface area contributed by atoms with Gasteiger partial charge in [0.2, 0.25) is 12.5 Å². The minimum absolute atomic E-state index is 0.00151. The Morgan fingerprint density at radius 1 is 0.683 bits per heavy atom. The number of anilines is 2. The molecule has 0 aliphatic rings. The standard InChI is InChI=1S/C44H54N6O8S2/c1-2-35(3-4-36-7-11-41(12-8-36)49(21-25-51)22-26-52)15-18-45-29-43(57)46-39(31-55)33-59-60-34-40(32-56)47-44(58)30-48-19-16-38(17-20-48)6-5-37-9-13-42(14-10-37)50(23-27-53)24-28-54/h2-20,31-32,39-40,51-54H,1,21-30,33-34H2,(H-,46,47,57,58)/p+1/b4-3+,35-15+,45-18+. The first-order valence-corrected chi connectivity index (χ1v) is 21.8. The molecule has 16 heteroatoms. The first-order valence-electron chi connectivity index (χ1n) is 19.3. The molecule has 2 amide bonds. The van der Waals surface area contributed by atoms with Crippen LogP contribution in [-0.2, 0) is 25.7 Å². The fourth-order valence-corrected chi connectivity index (χ4v) is 7.76. The van der Waals surface area contributed by atoms with Crippen LogP contribution in [0.5, 0.6) is 0 Å². The van der Waals surface area contributed by atoms with Gasteiger partial charge in [-0.05, 0) is 52.6 Å². The molecule has 3 rings (SSSR count). The van der Waals surface area contributed by atoms with Crippen LogP contribution < -0.4 is 25.0 Å². The second-order valence-electron chi connectivity index (χ2n) is 13.1. The quantitative estimate of drug-likeness (QED) is 0.0149. The van der Waals surface area contributed by atoms with Crippen LogP contribution >= 0.6 is 21.6 Å². The van der Waals surface area contributed by atoms with Gasteiger partial charge in [-0.3, -0.25) is 14.6 Å². The molecule has 1 heterocycles. The third-order valence-electron chi connectivity index (χ3n) is 8.62. The number of pyridine rings is 1. The fourth-order valence-electron chi connectivity index (χ4n) is 5.50. The number of allylic oxidation sites excluding steroid dienone is 4. The summed E-state index contributed by atoms with van der Waals surface area (Å²) in [6.45, 7) is 5.35. The van der Waals surface area contributed by atoms with Gasteiger partial charge in [-0.15, -0.1) is 0 Å². The first kappa shape index (κ1) is 49.0. The maximum atomic E-state index is 12.7. The van der Waals surface area contributed by atoms with Gasteiger partial charge < -0.3 is 50.4 Å². The van der Waals surface area contributed by atoms with E-state index in [9.17, 15) is 39.6 Å². The minimum atomic E-state index is -0.761. The lowest BCUT2D eigenvalue weighted by Gasteiger charge is -2.22. The smallest absolute Gasteiger partial charge is 0.286 e. The highest BCUT2D eigenvalue weighted by Crippen LogP contribution is 2.22. The molecule has 3 aromatic rings. The topological polar surface area (TPSA) is 196 Å². The van der Waals surface area contributed by atoms with Gasteiger partial charge >= 0.3 is 0 Å². The number of hydrogen-bond donors (Lipinski definition) is 6. The number of rotatable bonds is 29. The molecule has 2 aromatic carbocycles. The van der Waals surface area contributed by atoms with Gasteiger partial charge in [-0.2, -0.15) is 4.57 Å². The molecule has 0 radical (unpaired) electrons. The summed E-state index contributed by atoms with van der Waals surface area (Å²) < 4.78 is 1.70. The van der Waals surface area contributed by atoms with Crippen molar-refractivity contribution in [2.45, 2.75) is 18.6 Å². The summed E-state index contributed by atoms with van der Waals surface area (Å²) in [6.07, 6.45) is 17.4. The second-order valence-corrected chi connectivity index (χ2v) is 15.6. The Morgan fingerprint density at radius 3 is 1.58 bits per heavy atom. The van der Waals surface area contributed by atoms with Gasteiger partial charge in [-0.25, -0.2) is 0 Å². The number of aliphatic hydroxyl groups excluding tert-OH is 4. The van der Waals surface area contributed by atoms with E-state index in [1.54, 1.807) is 29.1 Å². The van der Waals surface area contributed by atoms with Crippen molar-refractivity contribution in [3.8, 4) is 0 Å². The second kappa shape index (κ2) is 29.0. The zero-order chi connectivity index (χ0) is 43.4. The lowest BCUT2D eigenvalue weighted by molar-refractivity contribution is -0.684. The number of aldehydes is 2. The average molecular weight is 860 g/mol. The Labute approximate surface area is 359 Å². The summed E-state index contributed by atoms with van der Waals surface area (Å²) in [4.78, 5) is 56.4. The van der Waals surface area contributed by atoms with E-state index in [2.05, 4.69) is 22.2 Å². The molecule has 0 fully saturated rings. The third-order valence-corrected chi connectivity index (χ3v) is 11.1. The summed E-state index contributed by atoms with van der Waals surface area (Å²) in [5.74, 6) is -0.237. The largest absolute Gasteiger partial charge is 0.395 e. The van der Waals surface area contributed by atoms with E-state index in [1.807, 2.05) is 94.8 Å². The number of hydrogen-bond acceptors (Lipinski definition) is 13. The van der Waals surface area contributed by atoms with E-state index >= 15 is 0 Å². The number of benzene rings is 2. The Hall–Kier alpha value is -5.36. The number of amides is 2. The van der Waals surface area contributed by atoms with Crippen LogP contribution in [0.4, 0.5) is 11.4 Å². The van der Waals surface area contributed by atoms with Gasteiger partial charge in [0.25, 0.3) is 5.91 Å². The number of aliphatic imine (C=N–C) groups is 1. The number of nitrogens with zero attached hydrogens (tertiary/aromatic N) is 4. The minimum Gasteiger partial charge on any atom is -0.395 e. The zero-order valence-corrected chi connectivity index (χ0v) is 35.1. The van der Waals surface area contributed by atoms with Gasteiger partial charge in [0.1, 0.15) is 19.1 Å². The molecule has 320 valence electrons. The average Bonchev–Trinajstić information content (AvgIpc) is 3.26. The maximum absolute atomic E-state index is 12.7. The molecular formula is C44H55N6O8S2+. The van der Waals surface area contributed by atoms with Gasteiger partial charge in [0.05, 0.1) is 38.5 Å². The van der Waals surface area contributed by atoms with E-state index in [0.717, 1.165) is 33.6 Å². The molecule has 0 saturated carbocycles. The predicted molar refractivity (Wildman–Crippen MR) is 243 cm³/mol. The third kappa shape index (κ3) is 18.7. The lowest BCUT2D eigenvalue weighted by atomic mass is 10.1. The summed E-state index contributed by atoms with van der Waals surface area (Å²) in [6, 6.07) is 17.7. The molecule has 6 N–H and O–H groups in total. The van der Waals surface area contributed by atoms with Crippen molar-refractivity contribution < 1.29 is 44.2 Å². The fraction of sp³-hybridized carbons (Fsp3) is 0.318. The number of carbonyl (C=O) groups is 4. The molecule has 1 aromatic heterocycles. The van der Waals surface area contributed by atoms with Crippen LogP contribution in [-0.4, -0.2) is 134 Å². The molecule has 0 bridgehead atoms. The van der Waals surface area contributed by atoms with E-state index in [0.29, 0.717) is 38.8 Å². The summed E-state index contributed by atoms with van der Waals surface area (Å²) >= 11 is 0. The monoisotopic (exact) mass is 859 g/mol. The summed E-state index contributed by atoms with van der Waals surface area (Å²) in [5.41, 5.74) is 5.41. The maximum Gasteiger partial charge on any atom is 0.286 e. The van der Waals surface area contributed by atoms with Crippen molar-refractivity contribution in [3.63, 3.8) is 0 Å². The Balaban J connectivity index is 1.36. The van der Waals surface area contributed by atoms with Crippen molar-refractivity contribution in [2.75, 3.05) is 80.5 Å². The lowest BCUT2D eigenvalue weighted by Crippen LogP contribution is -2.46. The summed E-state index contributed by atoms with van der Waals surface area (Å²) in [5, 5.41) is 42.4. The van der Waals surface area contributed by atoms with Crippen LogP contribution in [0.15, 0.2) is 108 Å². The number of aromatic nitrogens is 1. The molecule has 2 unspecified atom stereocenters. The molecule has 0 aliphatic heterocycles. The van der Waals surface area contributed by atoms with Crippen molar-refractivity contribution in [1.82, 2.24) is 10.6 Å². The van der Waals surface area contributed by atoms with Crippen LogP contribution in [0, 0.1) is 0 Å². The Morgan fingerprint density at radius 2 is 1.13 bits per heavy atom. The molecular weight excluding hydrogens is 805 g/mol. The normalized spacial score (nSPS) is 12.7. The SMILES string of the molecule is C=CC(/C=C/c1ccc(N(CCO)CCO)cc1)=C\C=N\CC(=O)NC(C=O)CSSCC(C=O)NC(=O)C[n+]1ccc(/C=C/c2ccc(N(CCO)CCO)cc2)cc1. The van der Waals surface area contributed by atoms with Crippen molar-refractivity contribution in [3.05, 3.63) is 120 Å². The van der Waals surface area contributed by atoms with Crippen LogP contribution in [0.1, 0.15) is 16.7 Å². The molecule has 0 saturated heterocycles. The van der Waals surface area contributed by atoms with Crippen molar-refractivity contribution in [1.29, 1.82) is 0 Å². The van der Waals surface area contributed by atoms with E-state index in [-0.39, 0.29) is 56.9 Å². The number of nitrogens with one attached hydrogen (secondary N) is 2. The van der Waals surface area contributed by atoms with E-state index in [4.69, 9.17) is 0 Å². The van der Waals surface area contributed by atoms with E-state index < -0.39 is 18.0 Å². The highest BCUT2D eigenvalue weighted by Gasteiger charge is 2.17. The Kier molecular flexibility index (Phi) is 23.7. The molecule has 2 atom stereocenters. The predicted octanol–water partition coefficient (Wildman–Crippen LogP) is 2.37. The molecule has 60 heavy (non-hydrogen) atoms. The number of aliphatic hydroxyl groups is 4. The van der Waals surface area contributed by atoms with Gasteiger partial charge in [0, 0.05) is 67.4 Å². The zero-order valence-electron chi connectivity index (χ0n) is 33.5. The molecule has 0 spiro atoms. The highest BCUT2D eigenvalue weighted by molar-refractivity contribution is 8.76. The number of carbonyl (C=O) groups excluding carboxylic acids is 4. The van der Waals surface area contributed by atoms with Crippen LogP contribution in [0.25, 0.3) is 18.2 Å². The summed E-state index contributed by atoms with van der Waals surface area (Å²) in [7, 11) is 2.60. The Bertz CT molecular complexity index is 1880. The van der Waals surface area contributed by atoms with Gasteiger partial charge in [-0.1, -0.05) is 82.8 Å². The van der Waals surface area contributed by atoms with Crippen molar-refractivity contribution >= 4 is 81.8 Å². The van der Waals surface area contributed by atoms with Crippen molar-refractivity contribution in [2.24, 2.45) is 4.99 Å². The van der Waals surface area contributed by atoms with Crippen LogP contribution in [0.2, 0.25) is 0 Å². The molecule has 0 aliphatic carbocycles. The molecule has 14 nitrogen and oxygen atoms in total. The van der Waals surface area contributed by atoms with E-state index in [1.165, 1.54) is 27.8 Å². The van der Waals surface area contributed by atoms with Crippen LogP contribution in [0.3, 0.4) is 0 Å². The van der Waals surface area contributed by atoms with Gasteiger partial charge in [0.15, 0.2) is 12.4 Å². The highest BCUT2D eigenvalue weighted by atomic mass is 33.1.